The fraction of sp³-hybridized carbons (Fsp3) is 0.941. The van der Waals surface area contributed by atoms with E-state index < -0.39 is 5.60 Å². The van der Waals surface area contributed by atoms with Crippen molar-refractivity contribution in [2.24, 2.45) is 0 Å². The van der Waals surface area contributed by atoms with Crippen molar-refractivity contribution in [3.05, 3.63) is 0 Å². The summed E-state index contributed by atoms with van der Waals surface area (Å²) in [5.41, 5.74) is -0.503. The summed E-state index contributed by atoms with van der Waals surface area (Å²) < 4.78 is 0. The smallest absolute Gasteiger partial charge is 0.222 e. The van der Waals surface area contributed by atoms with Crippen LogP contribution in [0.5, 0.6) is 0 Å². The molecule has 4 nitrogen and oxygen atoms in total. The molecule has 2 fully saturated rings. The van der Waals surface area contributed by atoms with E-state index in [0.717, 1.165) is 38.5 Å². The molecule has 1 heterocycles. The van der Waals surface area contributed by atoms with Gasteiger partial charge in [0.15, 0.2) is 0 Å². The normalized spacial score (nSPS) is 23.4. The molecule has 122 valence electrons. The molecule has 4 heteroatoms. The summed E-state index contributed by atoms with van der Waals surface area (Å²) in [6, 6.07) is 0.517. The number of nitrogens with zero attached hydrogens (tertiary/aromatic N) is 2. The third-order valence-electron chi connectivity index (χ3n) is 5.41. The fourth-order valence-corrected chi connectivity index (χ4v) is 3.67. The molecule has 1 aliphatic heterocycles. The summed E-state index contributed by atoms with van der Waals surface area (Å²) in [7, 11) is 1.88. The van der Waals surface area contributed by atoms with E-state index in [1.807, 2.05) is 11.9 Å². The molecule has 1 atom stereocenters. The predicted molar refractivity (Wildman–Crippen MR) is 85.2 cm³/mol. The van der Waals surface area contributed by atoms with Gasteiger partial charge >= 0.3 is 0 Å². The van der Waals surface area contributed by atoms with Crippen LogP contribution < -0.4 is 0 Å². The van der Waals surface area contributed by atoms with Gasteiger partial charge in [-0.05, 0) is 58.5 Å². The Hall–Kier alpha value is -0.610. The highest BCUT2D eigenvalue weighted by Gasteiger charge is 2.31. The minimum atomic E-state index is -0.503. The van der Waals surface area contributed by atoms with Crippen molar-refractivity contribution in [2.45, 2.75) is 76.4 Å². The first-order chi connectivity index (χ1) is 10.0. The van der Waals surface area contributed by atoms with Crippen LogP contribution in [0, 0.1) is 0 Å². The first-order valence-corrected chi connectivity index (χ1v) is 8.71. The number of amides is 1. The Morgan fingerprint density at radius 3 is 2.48 bits per heavy atom. The van der Waals surface area contributed by atoms with Gasteiger partial charge < -0.3 is 14.9 Å². The average Bonchev–Trinajstić information content (AvgIpc) is 3.13. The summed E-state index contributed by atoms with van der Waals surface area (Å²) >= 11 is 0. The van der Waals surface area contributed by atoms with E-state index in [-0.39, 0.29) is 5.91 Å². The van der Waals surface area contributed by atoms with Crippen molar-refractivity contribution in [3.8, 4) is 0 Å². The number of hydrogen-bond acceptors (Lipinski definition) is 3. The average molecular weight is 296 g/mol. The molecule has 0 aromatic carbocycles. The van der Waals surface area contributed by atoms with Gasteiger partial charge in [0, 0.05) is 26.1 Å². The summed E-state index contributed by atoms with van der Waals surface area (Å²) in [5.74, 6) is 0.225. The van der Waals surface area contributed by atoms with E-state index in [9.17, 15) is 9.90 Å². The van der Waals surface area contributed by atoms with Gasteiger partial charge in [-0.2, -0.15) is 0 Å². The first kappa shape index (κ1) is 16.8. The van der Waals surface area contributed by atoms with E-state index in [2.05, 4.69) is 11.8 Å². The molecule has 0 bridgehead atoms. The maximum absolute atomic E-state index is 12.2. The highest BCUT2D eigenvalue weighted by Crippen LogP contribution is 2.32. The van der Waals surface area contributed by atoms with Crippen LogP contribution in [-0.4, -0.2) is 59.1 Å². The number of aliphatic hydroxyl groups is 1. The molecule has 1 saturated heterocycles. The van der Waals surface area contributed by atoms with Crippen LogP contribution in [0.25, 0.3) is 0 Å². The van der Waals surface area contributed by atoms with E-state index >= 15 is 0 Å². The minimum Gasteiger partial charge on any atom is -0.390 e. The highest BCUT2D eigenvalue weighted by atomic mass is 16.3. The zero-order valence-corrected chi connectivity index (χ0v) is 13.8. The van der Waals surface area contributed by atoms with Crippen molar-refractivity contribution in [2.75, 3.05) is 26.7 Å². The maximum atomic E-state index is 12.2. The van der Waals surface area contributed by atoms with E-state index in [1.165, 1.54) is 25.9 Å². The lowest BCUT2D eigenvalue weighted by Gasteiger charge is -2.27. The van der Waals surface area contributed by atoms with Crippen LogP contribution >= 0.6 is 0 Å². The summed E-state index contributed by atoms with van der Waals surface area (Å²) in [6.07, 6.45) is 8.98. The molecule has 0 aromatic heterocycles. The van der Waals surface area contributed by atoms with Crippen LogP contribution in [0.15, 0.2) is 0 Å². The Morgan fingerprint density at radius 1 is 1.24 bits per heavy atom. The third kappa shape index (κ3) is 4.96. The molecule has 2 aliphatic rings. The zero-order valence-electron chi connectivity index (χ0n) is 13.8. The summed E-state index contributed by atoms with van der Waals surface area (Å²) in [5, 5.41) is 10.3. The highest BCUT2D eigenvalue weighted by molar-refractivity contribution is 5.75. The first-order valence-electron chi connectivity index (χ1n) is 8.71. The molecular formula is C17H32N2O2. The van der Waals surface area contributed by atoms with Gasteiger partial charge in [0.25, 0.3) is 0 Å². The van der Waals surface area contributed by atoms with Gasteiger partial charge in [-0.1, -0.05) is 12.8 Å². The van der Waals surface area contributed by atoms with Gasteiger partial charge in [-0.25, -0.2) is 0 Å². The molecule has 0 spiro atoms. The number of hydrogen-bond donors (Lipinski definition) is 1. The van der Waals surface area contributed by atoms with Crippen LogP contribution in [0.2, 0.25) is 0 Å². The molecule has 0 unspecified atom stereocenters. The largest absolute Gasteiger partial charge is 0.390 e. The standard InChI is InChI=1S/C17H32N2O2/c1-15(19-12-5-6-13-19)7-8-16(20)18(2)14-11-17(21)9-3-4-10-17/h15,21H,3-14H2,1-2H3/t15-/m0/s1. The van der Waals surface area contributed by atoms with Crippen molar-refractivity contribution in [3.63, 3.8) is 0 Å². The lowest BCUT2D eigenvalue weighted by Crippen LogP contribution is -2.36. The monoisotopic (exact) mass is 296 g/mol. The molecule has 21 heavy (non-hydrogen) atoms. The van der Waals surface area contributed by atoms with Gasteiger partial charge in [-0.15, -0.1) is 0 Å². The van der Waals surface area contributed by atoms with E-state index in [0.29, 0.717) is 19.0 Å². The molecular weight excluding hydrogens is 264 g/mol. The summed E-state index contributed by atoms with van der Waals surface area (Å²) in [6.45, 7) is 5.31. The Labute approximate surface area is 129 Å². The second kappa shape index (κ2) is 7.59. The van der Waals surface area contributed by atoms with Crippen molar-refractivity contribution >= 4 is 5.91 Å². The Kier molecular flexibility index (Phi) is 6.06. The summed E-state index contributed by atoms with van der Waals surface area (Å²) in [4.78, 5) is 16.5. The maximum Gasteiger partial charge on any atom is 0.222 e. The lowest BCUT2D eigenvalue weighted by molar-refractivity contribution is -0.130. The topological polar surface area (TPSA) is 43.8 Å². The van der Waals surface area contributed by atoms with Crippen LogP contribution in [0.4, 0.5) is 0 Å². The zero-order chi connectivity index (χ0) is 15.3. The number of likely N-dealkylation sites (tertiary alicyclic amines) is 1. The SMILES string of the molecule is C[C@@H](CCC(=O)N(C)CCC1(O)CCCC1)N1CCCC1. The molecule has 2 rings (SSSR count). The Balaban J connectivity index is 1.64. The number of rotatable bonds is 7. The number of carbonyl (C=O) groups is 1. The van der Waals surface area contributed by atoms with Crippen molar-refractivity contribution < 1.29 is 9.90 Å². The van der Waals surface area contributed by atoms with Crippen molar-refractivity contribution in [1.82, 2.24) is 9.80 Å². The minimum absolute atomic E-state index is 0.225. The molecule has 0 radical (unpaired) electrons. The van der Waals surface area contributed by atoms with E-state index in [4.69, 9.17) is 0 Å². The van der Waals surface area contributed by atoms with Crippen LogP contribution in [0.1, 0.15) is 64.7 Å². The predicted octanol–water partition coefficient (Wildman–Crippen LogP) is 2.40. The fourth-order valence-electron chi connectivity index (χ4n) is 3.67. The lowest BCUT2D eigenvalue weighted by atomic mass is 9.98. The van der Waals surface area contributed by atoms with Crippen molar-refractivity contribution in [1.29, 1.82) is 0 Å². The Morgan fingerprint density at radius 2 is 1.86 bits per heavy atom. The second-order valence-electron chi connectivity index (χ2n) is 7.13. The van der Waals surface area contributed by atoms with E-state index in [1.54, 1.807) is 0 Å². The Bertz CT molecular complexity index is 334. The number of carbonyl (C=O) groups excluding carboxylic acids is 1. The van der Waals surface area contributed by atoms with Gasteiger partial charge in [-0.3, -0.25) is 4.79 Å². The quantitative estimate of drug-likeness (QED) is 0.784. The molecule has 1 amide bonds. The second-order valence-corrected chi connectivity index (χ2v) is 7.13. The molecule has 1 aliphatic carbocycles. The molecule has 1 N–H and O–H groups in total. The third-order valence-corrected chi connectivity index (χ3v) is 5.41. The van der Waals surface area contributed by atoms with Gasteiger partial charge in [0.05, 0.1) is 5.60 Å². The van der Waals surface area contributed by atoms with Crippen LogP contribution in [0.3, 0.4) is 0 Å². The van der Waals surface area contributed by atoms with Gasteiger partial charge in [0.1, 0.15) is 0 Å². The molecule has 0 aromatic rings. The van der Waals surface area contributed by atoms with Gasteiger partial charge in [0.2, 0.25) is 5.91 Å². The molecule has 1 saturated carbocycles. The van der Waals surface area contributed by atoms with Crippen LogP contribution in [-0.2, 0) is 4.79 Å².